The maximum Gasteiger partial charge on any atom is 0.319 e. The van der Waals surface area contributed by atoms with E-state index in [0.29, 0.717) is 6.54 Å². The molecule has 0 aliphatic carbocycles. The van der Waals surface area contributed by atoms with Crippen molar-refractivity contribution in [2.75, 3.05) is 19.3 Å². The van der Waals surface area contributed by atoms with Gasteiger partial charge < -0.3 is 5.32 Å². The second-order valence-electron chi connectivity index (χ2n) is 8.96. The summed E-state index contributed by atoms with van der Waals surface area (Å²) in [7, 11) is -3.57. The first-order chi connectivity index (χ1) is 14.0. The van der Waals surface area contributed by atoms with Crippen molar-refractivity contribution < 1.29 is 13.2 Å². The second kappa shape index (κ2) is 8.40. The lowest BCUT2D eigenvalue weighted by Gasteiger charge is -2.38. The van der Waals surface area contributed by atoms with Gasteiger partial charge in [0.1, 0.15) is 0 Å². The first kappa shape index (κ1) is 22.3. The first-order valence-corrected chi connectivity index (χ1v) is 12.1. The quantitative estimate of drug-likeness (QED) is 0.709. The van der Waals surface area contributed by atoms with Crippen LogP contribution < -0.4 is 10.0 Å². The Morgan fingerprint density at radius 2 is 1.70 bits per heavy atom. The number of benzene rings is 2. The molecule has 0 saturated carbocycles. The van der Waals surface area contributed by atoms with Crippen molar-refractivity contribution in [1.82, 2.24) is 14.9 Å². The zero-order valence-corrected chi connectivity index (χ0v) is 18.9. The summed E-state index contributed by atoms with van der Waals surface area (Å²) in [6, 6.07) is 17.6. The van der Waals surface area contributed by atoms with Gasteiger partial charge in [0.05, 0.1) is 12.8 Å². The molecule has 3 rings (SSSR count). The summed E-state index contributed by atoms with van der Waals surface area (Å²) < 4.78 is 27.3. The SMILES string of the molecule is CC(C)(C)c1ccc(C2(NS(C)(=O)=O)CNC(=O)N2CCCc2ccccc2)cc1. The highest BCUT2D eigenvalue weighted by Crippen LogP contribution is 2.32. The average molecular weight is 430 g/mol. The Bertz CT molecular complexity index is 983. The van der Waals surface area contributed by atoms with Crippen LogP contribution in [0.2, 0.25) is 0 Å². The highest BCUT2D eigenvalue weighted by molar-refractivity contribution is 7.88. The molecular weight excluding hydrogens is 398 g/mol. The number of hydrogen-bond acceptors (Lipinski definition) is 3. The van der Waals surface area contributed by atoms with Crippen molar-refractivity contribution in [3.8, 4) is 0 Å². The molecule has 1 unspecified atom stereocenters. The summed E-state index contributed by atoms with van der Waals surface area (Å²) in [6.07, 6.45) is 2.66. The molecule has 162 valence electrons. The number of carbonyl (C=O) groups excluding carboxylic acids is 1. The molecule has 1 aliphatic heterocycles. The van der Waals surface area contributed by atoms with E-state index >= 15 is 0 Å². The summed E-state index contributed by atoms with van der Waals surface area (Å²) in [6.45, 7) is 7.00. The van der Waals surface area contributed by atoms with E-state index in [-0.39, 0.29) is 18.0 Å². The van der Waals surface area contributed by atoms with Crippen molar-refractivity contribution in [3.05, 3.63) is 71.3 Å². The molecule has 1 saturated heterocycles. The van der Waals surface area contributed by atoms with E-state index in [9.17, 15) is 13.2 Å². The van der Waals surface area contributed by atoms with E-state index in [1.54, 1.807) is 4.90 Å². The van der Waals surface area contributed by atoms with Crippen LogP contribution in [-0.2, 0) is 27.5 Å². The van der Waals surface area contributed by atoms with Crippen LogP contribution in [-0.4, -0.2) is 38.7 Å². The number of rotatable bonds is 7. The van der Waals surface area contributed by atoms with Crippen LogP contribution in [0.25, 0.3) is 0 Å². The summed E-state index contributed by atoms with van der Waals surface area (Å²) in [4.78, 5) is 14.3. The molecule has 0 bridgehead atoms. The maximum absolute atomic E-state index is 12.7. The Balaban J connectivity index is 1.91. The van der Waals surface area contributed by atoms with Gasteiger partial charge in [0.15, 0.2) is 5.66 Å². The lowest BCUT2D eigenvalue weighted by molar-refractivity contribution is 0.145. The van der Waals surface area contributed by atoms with E-state index in [4.69, 9.17) is 0 Å². The van der Waals surface area contributed by atoms with Gasteiger partial charge in [0.25, 0.3) is 0 Å². The number of hydrogen-bond donors (Lipinski definition) is 2. The molecule has 0 aromatic heterocycles. The predicted octanol–water partition coefficient (Wildman–Crippen LogP) is 3.34. The van der Waals surface area contributed by atoms with Crippen LogP contribution in [0.5, 0.6) is 0 Å². The molecule has 2 aromatic rings. The number of nitrogens with one attached hydrogen (secondary N) is 2. The number of amides is 2. The van der Waals surface area contributed by atoms with Gasteiger partial charge in [-0.15, -0.1) is 0 Å². The van der Waals surface area contributed by atoms with Gasteiger partial charge in [0, 0.05) is 6.54 Å². The minimum Gasteiger partial charge on any atom is -0.334 e. The van der Waals surface area contributed by atoms with E-state index < -0.39 is 15.7 Å². The minimum atomic E-state index is -3.57. The molecule has 1 aliphatic rings. The Hall–Kier alpha value is -2.38. The average Bonchev–Trinajstić information content (AvgIpc) is 2.97. The minimum absolute atomic E-state index is 0.0188. The fourth-order valence-corrected chi connectivity index (χ4v) is 4.82. The number of carbonyl (C=O) groups is 1. The highest BCUT2D eigenvalue weighted by Gasteiger charge is 2.48. The van der Waals surface area contributed by atoms with Gasteiger partial charge in [0.2, 0.25) is 10.0 Å². The van der Waals surface area contributed by atoms with Crippen LogP contribution in [0.3, 0.4) is 0 Å². The van der Waals surface area contributed by atoms with Crippen molar-refractivity contribution >= 4 is 16.1 Å². The zero-order chi connectivity index (χ0) is 22.0. The van der Waals surface area contributed by atoms with Crippen molar-refractivity contribution in [1.29, 1.82) is 0 Å². The third kappa shape index (κ3) is 5.02. The molecule has 1 heterocycles. The van der Waals surface area contributed by atoms with Crippen LogP contribution in [0.4, 0.5) is 4.79 Å². The highest BCUT2D eigenvalue weighted by atomic mass is 32.2. The zero-order valence-electron chi connectivity index (χ0n) is 18.1. The van der Waals surface area contributed by atoms with Gasteiger partial charge in [-0.3, -0.25) is 4.90 Å². The molecule has 1 atom stereocenters. The number of nitrogens with zero attached hydrogens (tertiary/aromatic N) is 1. The van der Waals surface area contributed by atoms with E-state index in [1.807, 2.05) is 42.5 Å². The van der Waals surface area contributed by atoms with Crippen LogP contribution >= 0.6 is 0 Å². The van der Waals surface area contributed by atoms with Gasteiger partial charge in [-0.2, -0.15) is 4.72 Å². The smallest absolute Gasteiger partial charge is 0.319 e. The van der Waals surface area contributed by atoms with Gasteiger partial charge in [-0.05, 0) is 34.9 Å². The molecule has 1 fully saturated rings. The molecule has 7 heteroatoms. The summed E-state index contributed by atoms with van der Waals surface area (Å²) in [5.41, 5.74) is 1.92. The fourth-order valence-electron chi connectivity index (χ4n) is 3.91. The number of urea groups is 1. The molecular formula is C23H31N3O3S. The van der Waals surface area contributed by atoms with Gasteiger partial charge in [-0.25, -0.2) is 13.2 Å². The summed E-state index contributed by atoms with van der Waals surface area (Å²) >= 11 is 0. The van der Waals surface area contributed by atoms with Crippen LogP contribution in [0, 0.1) is 0 Å². The topological polar surface area (TPSA) is 78.5 Å². The molecule has 2 aromatic carbocycles. The molecule has 2 amide bonds. The van der Waals surface area contributed by atoms with Crippen molar-refractivity contribution in [2.45, 2.75) is 44.7 Å². The number of sulfonamides is 1. The molecule has 0 spiro atoms. The second-order valence-corrected chi connectivity index (χ2v) is 10.7. The molecule has 6 nitrogen and oxygen atoms in total. The third-order valence-electron chi connectivity index (χ3n) is 5.47. The monoisotopic (exact) mass is 429 g/mol. The third-order valence-corrected chi connectivity index (χ3v) is 6.18. The lowest BCUT2D eigenvalue weighted by atomic mass is 9.85. The Morgan fingerprint density at radius 3 is 2.27 bits per heavy atom. The molecule has 30 heavy (non-hydrogen) atoms. The fraction of sp³-hybridized carbons (Fsp3) is 0.435. The van der Waals surface area contributed by atoms with E-state index in [2.05, 4.69) is 42.9 Å². The van der Waals surface area contributed by atoms with Gasteiger partial charge in [-0.1, -0.05) is 75.4 Å². The largest absolute Gasteiger partial charge is 0.334 e. The van der Waals surface area contributed by atoms with Crippen molar-refractivity contribution in [3.63, 3.8) is 0 Å². The predicted molar refractivity (Wildman–Crippen MR) is 120 cm³/mol. The maximum atomic E-state index is 12.7. The summed E-state index contributed by atoms with van der Waals surface area (Å²) in [5, 5.41) is 2.84. The standard InChI is InChI=1S/C23H31N3O3S/c1-22(2,3)19-12-14-20(15-13-19)23(25-30(4,28)29)17-24-21(27)26(23)16-8-11-18-9-6-5-7-10-18/h5-7,9-10,12-15,25H,8,11,16-17H2,1-4H3,(H,24,27). The lowest BCUT2D eigenvalue weighted by Crippen LogP contribution is -2.57. The van der Waals surface area contributed by atoms with E-state index in [0.717, 1.165) is 30.2 Å². The number of aryl methyl sites for hydroxylation is 1. The summed E-state index contributed by atoms with van der Waals surface area (Å²) in [5.74, 6) is 0. The Morgan fingerprint density at radius 1 is 1.07 bits per heavy atom. The van der Waals surface area contributed by atoms with E-state index in [1.165, 1.54) is 5.56 Å². The first-order valence-electron chi connectivity index (χ1n) is 10.2. The normalized spacial score (nSPS) is 19.7. The Kier molecular flexibility index (Phi) is 6.24. The van der Waals surface area contributed by atoms with Crippen LogP contribution in [0.15, 0.2) is 54.6 Å². The molecule has 0 radical (unpaired) electrons. The molecule has 2 N–H and O–H groups in total. The Labute approximate surface area is 179 Å². The van der Waals surface area contributed by atoms with Crippen LogP contribution in [0.1, 0.15) is 43.9 Å². The van der Waals surface area contributed by atoms with Crippen molar-refractivity contribution in [2.24, 2.45) is 0 Å². The van der Waals surface area contributed by atoms with Gasteiger partial charge >= 0.3 is 6.03 Å².